The van der Waals surface area contributed by atoms with Crippen LogP contribution in [0.3, 0.4) is 0 Å². The van der Waals surface area contributed by atoms with E-state index in [2.05, 4.69) is 5.32 Å². The molecule has 0 aliphatic carbocycles. The molecule has 72 valence electrons. The highest BCUT2D eigenvalue weighted by atomic mass is 35.5. The molecule has 0 unspecified atom stereocenters. The second-order valence-corrected chi connectivity index (χ2v) is 3.02. The van der Waals surface area contributed by atoms with E-state index in [1.165, 1.54) is 19.1 Å². The van der Waals surface area contributed by atoms with Crippen molar-refractivity contribution >= 4 is 23.2 Å². The molecule has 0 saturated carbocycles. The van der Waals surface area contributed by atoms with Crippen LogP contribution in [0.5, 0.6) is 5.75 Å². The number of rotatable bonds is 1. The van der Waals surface area contributed by atoms with Crippen molar-refractivity contribution in [3.8, 4) is 11.8 Å². The van der Waals surface area contributed by atoms with E-state index in [9.17, 15) is 9.90 Å². The molecule has 0 radical (unpaired) electrons. The molecule has 0 aliphatic heterocycles. The monoisotopic (exact) mass is 210 g/mol. The van der Waals surface area contributed by atoms with Crippen molar-refractivity contribution in [1.82, 2.24) is 0 Å². The number of nitrogens with zero attached hydrogens (tertiary/aromatic N) is 1. The lowest BCUT2D eigenvalue weighted by molar-refractivity contribution is -0.114. The third-order valence-corrected chi connectivity index (χ3v) is 1.86. The quantitative estimate of drug-likeness (QED) is 0.695. The van der Waals surface area contributed by atoms with Crippen molar-refractivity contribution in [3.05, 3.63) is 22.7 Å². The lowest BCUT2D eigenvalue weighted by Gasteiger charge is -2.07. The van der Waals surface area contributed by atoms with Crippen LogP contribution in [0.15, 0.2) is 12.1 Å². The van der Waals surface area contributed by atoms with Crippen LogP contribution >= 0.6 is 11.6 Å². The molecule has 0 spiro atoms. The molecule has 1 rings (SSSR count). The molecule has 0 heterocycles. The Kier molecular flexibility index (Phi) is 2.95. The molecular weight excluding hydrogens is 204 g/mol. The Bertz CT molecular complexity index is 424. The van der Waals surface area contributed by atoms with Gasteiger partial charge in [0.15, 0.2) is 0 Å². The van der Waals surface area contributed by atoms with Crippen molar-refractivity contribution in [3.63, 3.8) is 0 Å². The maximum absolute atomic E-state index is 10.8. The summed E-state index contributed by atoms with van der Waals surface area (Å²) in [6.45, 7) is 1.28. The van der Waals surface area contributed by atoms with E-state index in [0.29, 0.717) is 0 Å². The predicted molar refractivity (Wildman–Crippen MR) is 52.1 cm³/mol. The smallest absolute Gasteiger partial charge is 0.221 e. The Morgan fingerprint density at radius 3 is 2.79 bits per heavy atom. The van der Waals surface area contributed by atoms with E-state index in [0.717, 1.165) is 0 Å². The Hall–Kier alpha value is -1.73. The summed E-state index contributed by atoms with van der Waals surface area (Å²) in [5.74, 6) is -0.555. The van der Waals surface area contributed by atoms with Crippen LogP contribution in [-0.4, -0.2) is 11.0 Å². The molecule has 14 heavy (non-hydrogen) atoms. The summed E-state index contributed by atoms with van der Waals surface area (Å²) < 4.78 is 0. The molecule has 0 aromatic heterocycles. The SMILES string of the molecule is CC(=O)Nc1c(O)ccc(Cl)c1C#N. The van der Waals surface area contributed by atoms with Gasteiger partial charge < -0.3 is 10.4 Å². The fourth-order valence-corrected chi connectivity index (χ4v) is 1.18. The average Bonchev–Trinajstić information content (AvgIpc) is 2.11. The Labute approximate surface area is 85.7 Å². The number of carbonyl (C=O) groups excluding carboxylic acids is 1. The molecule has 0 bridgehead atoms. The number of halogens is 1. The Morgan fingerprint density at radius 2 is 2.29 bits per heavy atom. The zero-order valence-corrected chi connectivity index (χ0v) is 8.09. The molecule has 2 N–H and O–H groups in total. The van der Waals surface area contributed by atoms with Crippen LogP contribution in [0.25, 0.3) is 0 Å². The highest BCUT2D eigenvalue weighted by molar-refractivity contribution is 6.32. The summed E-state index contributed by atoms with van der Waals surface area (Å²) in [5, 5.41) is 20.6. The van der Waals surface area contributed by atoms with Crippen LogP contribution in [0, 0.1) is 11.3 Å². The van der Waals surface area contributed by atoms with Gasteiger partial charge in [-0.25, -0.2) is 0 Å². The number of aromatic hydroxyl groups is 1. The van der Waals surface area contributed by atoms with Gasteiger partial charge in [-0.2, -0.15) is 5.26 Å². The van der Waals surface area contributed by atoms with Crippen molar-refractivity contribution in [2.75, 3.05) is 5.32 Å². The van der Waals surface area contributed by atoms with E-state index in [-0.39, 0.29) is 27.9 Å². The summed E-state index contributed by atoms with van der Waals surface area (Å²) in [4.78, 5) is 10.8. The van der Waals surface area contributed by atoms with E-state index >= 15 is 0 Å². The van der Waals surface area contributed by atoms with E-state index in [1.54, 1.807) is 6.07 Å². The van der Waals surface area contributed by atoms with Crippen LogP contribution in [-0.2, 0) is 4.79 Å². The standard InChI is InChI=1S/C9H7ClN2O2/c1-5(13)12-9-6(4-11)7(10)2-3-8(9)14/h2-3,14H,1H3,(H,12,13). The molecule has 1 aromatic rings. The molecule has 0 fully saturated rings. The first kappa shape index (κ1) is 10.4. The number of amides is 1. The zero-order chi connectivity index (χ0) is 10.7. The van der Waals surface area contributed by atoms with Gasteiger partial charge in [0.05, 0.1) is 10.6 Å². The summed E-state index contributed by atoms with van der Waals surface area (Å²) in [7, 11) is 0. The summed E-state index contributed by atoms with van der Waals surface area (Å²) >= 11 is 5.70. The largest absolute Gasteiger partial charge is 0.506 e. The maximum Gasteiger partial charge on any atom is 0.221 e. The number of benzene rings is 1. The van der Waals surface area contributed by atoms with Gasteiger partial charge in [-0.05, 0) is 12.1 Å². The molecule has 0 saturated heterocycles. The topological polar surface area (TPSA) is 73.1 Å². The number of hydrogen-bond donors (Lipinski definition) is 2. The molecule has 5 heteroatoms. The molecule has 4 nitrogen and oxygen atoms in total. The van der Waals surface area contributed by atoms with Crippen molar-refractivity contribution in [2.45, 2.75) is 6.92 Å². The van der Waals surface area contributed by atoms with Crippen molar-refractivity contribution in [2.24, 2.45) is 0 Å². The third-order valence-electron chi connectivity index (χ3n) is 1.55. The van der Waals surface area contributed by atoms with Crippen molar-refractivity contribution < 1.29 is 9.90 Å². The number of anilines is 1. The zero-order valence-electron chi connectivity index (χ0n) is 7.34. The summed E-state index contributed by atoms with van der Waals surface area (Å²) in [6.07, 6.45) is 0. The maximum atomic E-state index is 10.8. The van der Waals surface area contributed by atoms with E-state index in [1.807, 2.05) is 0 Å². The van der Waals surface area contributed by atoms with Gasteiger partial charge in [-0.15, -0.1) is 0 Å². The Morgan fingerprint density at radius 1 is 1.64 bits per heavy atom. The first-order valence-electron chi connectivity index (χ1n) is 3.75. The summed E-state index contributed by atoms with van der Waals surface area (Å²) in [6, 6.07) is 4.51. The minimum atomic E-state index is -0.376. The number of hydrogen-bond acceptors (Lipinski definition) is 3. The molecule has 1 aromatic carbocycles. The molecule has 0 atom stereocenters. The van der Waals surface area contributed by atoms with Crippen LogP contribution < -0.4 is 5.32 Å². The van der Waals surface area contributed by atoms with Crippen molar-refractivity contribution in [1.29, 1.82) is 5.26 Å². The van der Waals surface area contributed by atoms with Gasteiger partial charge in [-0.1, -0.05) is 11.6 Å². The van der Waals surface area contributed by atoms with E-state index in [4.69, 9.17) is 16.9 Å². The van der Waals surface area contributed by atoms with Gasteiger partial charge >= 0.3 is 0 Å². The first-order chi connectivity index (χ1) is 6.56. The van der Waals surface area contributed by atoms with Gasteiger partial charge in [0, 0.05) is 6.92 Å². The second-order valence-electron chi connectivity index (χ2n) is 2.61. The molecule has 0 aliphatic rings. The number of nitrogens with one attached hydrogen (secondary N) is 1. The minimum absolute atomic E-state index is 0.0486. The van der Waals surface area contributed by atoms with Crippen LogP contribution in [0.1, 0.15) is 12.5 Å². The number of nitriles is 1. The number of phenolic OH excluding ortho intramolecular Hbond substituents is 1. The lowest BCUT2D eigenvalue weighted by atomic mass is 10.1. The van der Waals surface area contributed by atoms with Gasteiger partial charge in [0.1, 0.15) is 17.5 Å². The third kappa shape index (κ3) is 1.95. The fraction of sp³-hybridized carbons (Fsp3) is 0.111. The van der Waals surface area contributed by atoms with Gasteiger partial charge in [0.2, 0.25) is 5.91 Å². The summed E-state index contributed by atoms with van der Waals surface area (Å²) in [5.41, 5.74) is 0.106. The highest BCUT2D eigenvalue weighted by Gasteiger charge is 2.12. The number of phenols is 1. The van der Waals surface area contributed by atoms with Gasteiger partial charge in [-0.3, -0.25) is 4.79 Å². The minimum Gasteiger partial charge on any atom is -0.506 e. The van der Waals surface area contributed by atoms with Crippen LogP contribution in [0.2, 0.25) is 5.02 Å². The number of carbonyl (C=O) groups is 1. The lowest BCUT2D eigenvalue weighted by Crippen LogP contribution is -2.07. The van der Waals surface area contributed by atoms with E-state index < -0.39 is 0 Å². The predicted octanol–water partition coefficient (Wildman–Crippen LogP) is 1.88. The van der Waals surface area contributed by atoms with Crippen LogP contribution in [0.4, 0.5) is 5.69 Å². The Balaban J connectivity index is 3.31. The first-order valence-corrected chi connectivity index (χ1v) is 4.13. The molecule has 1 amide bonds. The highest BCUT2D eigenvalue weighted by Crippen LogP contribution is 2.32. The average molecular weight is 211 g/mol. The fourth-order valence-electron chi connectivity index (χ4n) is 0.978. The second kappa shape index (κ2) is 3.99. The molecular formula is C9H7ClN2O2. The normalized spacial score (nSPS) is 9.21. The van der Waals surface area contributed by atoms with Gasteiger partial charge in [0.25, 0.3) is 0 Å².